The average Bonchev–Trinajstić information content (AvgIpc) is 3.03. The van der Waals surface area contributed by atoms with Crippen LogP contribution in [-0.2, 0) is 4.79 Å². The van der Waals surface area contributed by atoms with E-state index >= 15 is 0 Å². The average molecular weight is 322 g/mol. The number of para-hydroxylation sites is 3. The summed E-state index contributed by atoms with van der Waals surface area (Å²) in [4.78, 5) is 15.0. The van der Waals surface area contributed by atoms with Crippen LogP contribution in [-0.4, -0.2) is 30.8 Å². The van der Waals surface area contributed by atoms with Gasteiger partial charge in [0.15, 0.2) is 0 Å². The third kappa shape index (κ3) is 3.55. The maximum atomic E-state index is 11.9. The number of carbonyl (C=O) groups is 1. The van der Waals surface area contributed by atoms with Gasteiger partial charge in [-0.3, -0.25) is 4.79 Å². The molecule has 0 unspecified atom stereocenters. The third-order valence-electron chi connectivity index (χ3n) is 3.56. The molecule has 0 spiro atoms. The van der Waals surface area contributed by atoms with Crippen molar-refractivity contribution in [3.05, 3.63) is 60.3 Å². The lowest BCUT2D eigenvalue weighted by molar-refractivity contribution is -0.119. The predicted octanol–water partition coefficient (Wildman–Crippen LogP) is 2.74. The summed E-state index contributed by atoms with van der Waals surface area (Å²) in [5, 5.41) is 8.08. The van der Waals surface area contributed by atoms with E-state index in [-0.39, 0.29) is 12.5 Å². The van der Waals surface area contributed by atoms with Crippen molar-refractivity contribution in [2.75, 3.05) is 19.0 Å². The van der Waals surface area contributed by atoms with E-state index in [2.05, 4.69) is 20.8 Å². The number of aromatic amines is 1. The Labute approximate surface area is 139 Å². The van der Waals surface area contributed by atoms with Crippen LogP contribution in [0.1, 0.15) is 5.56 Å². The van der Waals surface area contributed by atoms with Crippen LogP contribution in [0.3, 0.4) is 0 Å². The molecular weight excluding hydrogens is 304 g/mol. The van der Waals surface area contributed by atoms with Gasteiger partial charge in [-0.1, -0.05) is 30.3 Å². The van der Waals surface area contributed by atoms with Crippen molar-refractivity contribution in [1.82, 2.24) is 10.4 Å². The first kappa shape index (κ1) is 15.6. The summed E-state index contributed by atoms with van der Waals surface area (Å²) >= 11 is 0. The number of benzene rings is 2. The Morgan fingerprint density at radius 3 is 2.88 bits per heavy atom. The van der Waals surface area contributed by atoms with Gasteiger partial charge in [0.1, 0.15) is 5.75 Å². The SMILES string of the molecule is COc1ccccc1NCC(=O)N/N=C/c1c[nH]c2ccccc12. The quantitative estimate of drug-likeness (QED) is 0.482. The molecule has 2 aromatic carbocycles. The molecule has 1 aromatic heterocycles. The van der Waals surface area contributed by atoms with E-state index in [1.54, 1.807) is 13.3 Å². The number of H-pyrrole nitrogens is 1. The number of hydrogen-bond acceptors (Lipinski definition) is 4. The smallest absolute Gasteiger partial charge is 0.259 e. The Bertz CT molecular complexity index is 870. The number of ether oxygens (including phenoxy) is 1. The fourth-order valence-electron chi connectivity index (χ4n) is 2.38. The van der Waals surface area contributed by atoms with E-state index in [1.807, 2.05) is 54.7 Å². The Kier molecular flexibility index (Phi) is 4.76. The van der Waals surface area contributed by atoms with E-state index in [9.17, 15) is 4.79 Å². The highest BCUT2D eigenvalue weighted by Crippen LogP contribution is 2.22. The van der Waals surface area contributed by atoms with E-state index in [0.29, 0.717) is 5.75 Å². The van der Waals surface area contributed by atoms with Gasteiger partial charge < -0.3 is 15.0 Å². The summed E-state index contributed by atoms with van der Waals surface area (Å²) in [5.74, 6) is 0.449. The molecule has 0 aliphatic carbocycles. The Morgan fingerprint density at radius 2 is 2.00 bits per heavy atom. The maximum Gasteiger partial charge on any atom is 0.259 e. The number of hydrazone groups is 1. The number of carbonyl (C=O) groups excluding carboxylic acids is 1. The third-order valence-corrected chi connectivity index (χ3v) is 3.56. The standard InChI is InChI=1S/C18H18N4O2/c1-24-17-9-5-4-8-16(17)20-12-18(23)22-21-11-13-10-19-15-7-3-2-6-14(13)15/h2-11,19-20H,12H2,1H3,(H,22,23)/b21-11+. The first-order chi connectivity index (χ1) is 11.8. The second-order valence-electron chi connectivity index (χ2n) is 5.14. The van der Waals surface area contributed by atoms with Crippen LogP contribution < -0.4 is 15.5 Å². The first-order valence-corrected chi connectivity index (χ1v) is 7.53. The number of fused-ring (bicyclic) bond motifs is 1. The number of nitrogens with one attached hydrogen (secondary N) is 3. The number of anilines is 1. The molecule has 0 atom stereocenters. The minimum atomic E-state index is -0.239. The monoisotopic (exact) mass is 322 g/mol. The Morgan fingerprint density at radius 1 is 1.21 bits per heavy atom. The summed E-state index contributed by atoms with van der Waals surface area (Å²) in [7, 11) is 1.59. The number of rotatable bonds is 6. The van der Waals surface area contributed by atoms with Crippen molar-refractivity contribution in [3.63, 3.8) is 0 Å². The van der Waals surface area contributed by atoms with Gasteiger partial charge in [-0.25, -0.2) is 5.43 Å². The lowest BCUT2D eigenvalue weighted by atomic mass is 10.2. The molecule has 6 heteroatoms. The van der Waals surface area contributed by atoms with Gasteiger partial charge in [-0.05, 0) is 18.2 Å². The molecule has 3 aromatic rings. The number of aromatic nitrogens is 1. The minimum absolute atomic E-state index is 0.103. The van der Waals surface area contributed by atoms with Gasteiger partial charge in [0.05, 0.1) is 25.6 Å². The minimum Gasteiger partial charge on any atom is -0.495 e. The molecule has 1 amide bonds. The molecule has 3 rings (SSSR count). The van der Waals surface area contributed by atoms with Crippen molar-refractivity contribution in [1.29, 1.82) is 0 Å². The number of methoxy groups -OCH3 is 1. The zero-order valence-corrected chi connectivity index (χ0v) is 13.2. The van der Waals surface area contributed by atoms with Gasteiger partial charge in [0.2, 0.25) is 0 Å². The molecule has 0 aliphatic heterocycles. The second kappa shape index (κ2) is 7.32. The van der Waals surface area contributed by atoms with Gasteiger partial charge in [0, 0.05) is 22.7 Å². The molecule has 0 radical (unpaired) electrons. The fourth-order valence-corrected chi connectivity index (χ4v) is 2.38. The number of hydrogen-bond donors (Lipinski definition) is 3. The highest BCUT2D eigenvalue weighted by atomic mass is 16.5. The van der Waals surface area contributed by atoms with Gasteiger partial charge in [-0.15, -0.1) is 0 Å². The molecule has 3 N–H and O–H groups in total. The van der Waals surface area contributed by atoms with Crippen LogP contribution in [0.4, 0.5) is 5.69 Å². The van der Waals surface area contributed by atoms with Crippen molar-refractivity contribution in [2.45, 2.75) is 0 Å². The fraction of sp³-hybridized carbons (Fsp3) is 0.111. The molecular formula is C18H18N4O2. The maximum absolute atomic E-state index is 11.9. The molecule has 0 saturated heterocycles. The molecule has 0 saturated carbocycles. The van der Waals surface area contributed by atoms with Crippen molar-refractivity contribution in [3.8, 4) is 5.75 Å². The normalized spacial score (nSPS) is 10.9. The molecule has 0 aliphatic rings. The van der Waals surface area contributed by atoms with E-state index < -0.39 is 0 Å². The summed E-state index contributed by atoms with van der Waals surface area (Å²) < 4.78 is 5.22. The van der Waals surface area contributed by atoms with Crippen LogP contribution in [0.5, 0.6) is 5.75 Å². The predicted molar refractivity (Wildman–Crippen MR) is 95.5 cm³/mol. The molecule has 6 nitrogen and oxygen atoms in total. The van der Waals surface area contributed by atoms with Crippen molar-refractivity contribution >= 4 is 28.7 Å². The number of amides is 1. The second-order valence-corrected chi connectivity index (χ2v) is 5.14. The Balaban J connectivity index is 1.56. The van der Waals surface area contributed by atoms with Crippen LogP contribution in [0, 0.1) is 0 Å². The van der Waals surface area contributed by atoms with Crippen LogP contribution in [0.25, 0.3) is 10.9 Å². The van der Waals surface area contributed by atoms with Crippen LogP contribution in [0.2, 0.25) is 0 Å². The van der Waals surface area contributed by atoms with Crippen molar-refractivity contribution < 1.29 is 9.53 Å². The first-order valence-electron chi connectivity index (χ1n) is 7.53. The zero-order chi connectivity index (χ0) is 16.8. The summed E-state index contributed by atoms with van der Waals surface area (Å²) in [6.07, 6.45) is 3.48. The van der Waals surface area contributed by atoms with Gasteiger partial charge in [0.25, 0.3) is 5.91 Å². The molecule has 0 bridgehead atoms. The highest BCUT2D eigenvalue weighted by Gasteiger charge is 2.04. The molecule has 1 heterocycles. The molecule has 0 fully saturated rings. The number of nitrogens with zero attached hydrogens (tertiary/aromatic N) is 1. The molecule has 24 heavy (non-hydrogen) atoms. The van der Waals surface area contributed by atoms with Crippen LogP contribution in [0.15, 0.2) is 59.8 Å². The largest absolute Gasteiger partial charge is 0.495 e. The summed E-state index contributed by atoms with van der Waals surface area (Å²) in [6, 6.07) is 15.3. The highest BCUT2D eigenvalue weighted by molar-refractivity contribution is 5.99. The lowest BCUT2D eigenvalue weighted by Crippen LogP contribution is -2.26. The topological polar surface area (TPSA) is 78.5 Å². The zero-order valence-electron chi connectivity index (χ0n) is 13.2. The van der Waals surface area contributed by atoms with E-state index in [4.69, 9.17) is 4.74 Å². The Hall–Kier alpha value is -3.28. The molecule has 122 valence electrons. The van der Waals surface area contributed by atoms with Gasteiger partial charge in [-0.2, -0.15) is 5.10 Å². The summed E-state index contributed by atoms with van der Waals surface area (Å²) in [5.41, 5.74) is 5.22. The van der Waals surface area contributed by atoms with Gasteiger partial charge >= 0.3 is 0 Å². The van der Waals surface area contributed by atoms with Crippen molar-refractivity contribution in [2.24, 2.45) is 5.10 Å². The lowest BCUT2D eigenvalue weighted by Gasteiger charge is -2.09. The van der Waals surface area contributed by atoms with Crippen LogP contribution >= 0.6 is 0 Å². The summed E-state index contributed by atoms with van der Waals surface area (Å²) in [6.45, 7) is 0.103. The van der Waals surface area contributed by atoms with E-state index in [0.717, 1.165) is 22.2 Å². The van der Waals surface area contributed by atoms with E-state index in [1.165, 1.54) is 0 Å².